The minimum absolute atomic E-state index is 0.0411. The smallest absolute Gasteiger partial charge is 0.323 e. The third kappa shape index (κ3) is 1.67. The lowest BCUT2D eigenvalue weighted by Crippen LogP contribution is -2.33. The number of imide groups is 1. The van der Waals surface area contributed by atoms with Crippen molar-refractivity contribution in [1.82, 2.24) is 9.88 Å². The van der Waals surface area contributed by atoms with Crippen molar-refractivity contribution in [1.29, 1.82) is 0 Å². The van der Waals surface area contributed by atoms with Gasteiger partial charge in [0.1, 0.15) is 5.54 Å². The molecular formula is C13H15N3O3. The number of carbonyl (C=O) groups is 2. The zero-order valence-corrected chi connectivity index (χ0v) is 10.8. The Labute approximate surface area is 110 Å². The molecule has 1 saturated carbocycles. The van der Waals surface area contributed by atoms with Gasteiger partial charge in [-0.1, -0.05) is 0 Å². The summed E-state index contributed by atoms with van der Waals surface area (Å²) in [6, 6.07) is 2.56. The van der Waals surface area contributed by atoms with Gasteiger partial charge >= 0.3 is 6.03 Å². The number of nitrogens with zero attached hydrogens (tertiary/aromatic N) is 2. The standard InChI is InChI=1S/C13H15N3O3/c1-8(2)15-6-3-9(7-10(15)17)16-11(18)13(4-5-13)14-12(16)19/h3,6-8H,4-5H2,1-2H3,(H,14,19). The molecule has 1 N–H and O–H groups in total. The first-order chi connectivity index (χ1) is 8.94. The summed E-state index contributed by atoms with van der Waals surface area (Å²) in [6.07, 6.45) is 2.97. The van der Waals surface area contributed by atoms with Crippen LogP contribution < -0.4 is 15.8 Å². The Morgan fingerprint density at radius 3 is 2.42 bits per heavy atom. The maximum Gasteiger partial charge on any atom is 0.329 e. The Morgan fingerprint density at radius 1 is 1.26 bits per heavy atom. The number of anilines is 1. The van der Waals surface area contributed by atoms with Crippen LogP contribution in [0.15, 0.2) is 23.1 Å². The molecule has 3 amide bonds. The van der Waals surface area contributed by atoms with Gasteiger partial charge in [-0.3, -0.25) is 9.59 Å². The molecule has 2 aliphatic rings. The highest BCUT2D eigenvalue weighted by molar-refractivity contribution is 6.24. The molecular weight excluding hydrogens is 246 g/mol. The van der Waals surface area contributed by atoms with Crippen molar-refractivity contribution in [3.05, 3.63) is 28.7 Å². The maximum atomic E-state index is 12.2. The van der Waals surface area contributed by atoms with Gasteiger partial charge in [0, 0.05) is 18.3 Å². The van der Waals surface area contributed by atoms with E-state index < -0.39 is 11.6 Å². The fourth-order valence-electron chi connectivity index (χ4n) is 2.36. The van der Waals surface area contributed by atoms with Gasteiger partial charge in [0.15, 0.2) is 0 Å². The van der Waals surface area contributed by atoms with Crippen LogP contribution in [0.25, 0.3) is 0 Å². The van der Waals surface area contributed by atoms with Crippen LogP contribution in [0.2, 0.25) is 0 Å². The fourth-order valence-corrected chi connectivity index (χ4v) is 2.36. The topological polar surface area (TPSA) is 71.4 Å². The minimum Gasteiger partial charge on any atom is -0.323 e. The minimum atomic E-state index is -0.690. The Kier molecular flexibility index (Phi) is 2.32. The molecule has 1 aromatic rings. The summed E-state index contributed by atoms with van der Waals surface area (Å²) < 4.78 is 1.55. The van der Waals surface area contributed by atoms with E-state index in [-0.39, 0.29) is 17.5 Å². The third-order valence-corrected chi connectivity index (χ3v) is 3.66. The van der Waals surface area contributed by atoms with Gasteiger partial charge in [-0.25, -0.2) is 9.69 Å². The summed E-state index contributed by atoms with van der Waals surface area (Å²) in [5.74, 6) is -0.251. The Morgan fingerprint density at radius 2 is 1.95 bits per heavy atom. The number of hydrogen-bond donors (Lipinski definition) is 1. The van der Waals surface area contributed by atoms with E-state index in [2.05, 4.69) is 5.32 Å². The van der Waals surface area contributed by atoms with Crippen molar-refractivity contribution >= 4 is 17.6 Å². The van der Waals surface area contributed by atoms with Crippen LogP contribution >= 0.6 is 0 Å². The largest absolute Gasteiger partial charge is 0.329 e. The number of aromatic nitrogens is 1. The SMILES string of the molecule is CC(C)n1ccc(N2C(=O)NC3(CC3)C2=O)cc1=O. The van der Waals surface area contributed by atoms with Gasteiger partial charge < -0.3 is 9.88 Å². The lowest BCUT2D eigenvalue weighted by atomic mass is 10.2. The Hall–Kier alpha value is -2.11. The van der Waals surface area contributed by atoms with Gasteiger partial charge in [-0.15, -0.1) is 0 Å². The number of urea groups is 1. The van der Waals surface area contributed by atoms with Crippen molar-refractivity contribution in [3.63, 3.8) is 0 Å². The van der Waals surface area contributed by atoms with Crippen LogP contribution in [0.3, 0.4) is 0 Å². The van der Waals surface area contributed by atoms with Crippen LogP contribution in [-0.2, 0) is 4.79 Å². The average molecular weight is 261 g/mol. The number of amides is 3. The summed E-state index contributed by atoms with van der Waals surface area (Å²) in [4.78, 5) is 37.0. The highest BCUT2D eigenvalue weighted by atomic mass is 16.2. The number of hydrogen-bond acceptors (Lipinski definition) is 3. The zero-order chi connectivity index (χ0) is 13.8. The molecule has 1 saturated heterocycles. The summed E-state index contributed by atoms with van der Waals surface area (Å²) in [5.41, 5.74) is -0.567. The van der Waals surface area contributed by atoms with Crippen molar-refractivity contribution in [2.75, 3.05) is 4.90 Å². The monoisotopic (exact) mass is 261 g/mol. The van der Waals surface area contributed by atoms with E-state index in [1.54, 1.807) is 16.8 Å². The Balaban J connectivity index is 1.99. The van der Waals surface area contributed by atoms with E-state index in [4.69, 9.17) is 0 Å². The van der Waals surface area contributed by atoms with E-state index in [1.165, 1.54) is 6.07 Å². The van der Waals surface area contributed by atoms with Crippen molar-refractivity contribution in [2.24, 2.45) is 0 Å². The summed E-state index contributed by atoms with van der Waals surface area (Å²) in [5, 5.41) is 2.69. The van der Waals surface area contributed by atoms with E-state index in [0.29, 0.717) is 18.5 Å². The molecule has 6 heteroatoms. The second kappa shape index (κ2) is 3.69. The fraction of sp³-hybridized carbons (Fsp3) is 0.462. The van der Waals surface area contributed by atoms with Gasteiger partial charge in [-0.05, 0) is 32.8 Å². The van der Waals surface area contributed by atoms with Crippen molar-refractivity contribution in [2.45, 2.75) is 38.3 Å². The molecule has 0 unspecified atom stereocenters. The van der Waals surface area contributed by atoms with E-state index in [0.717, 1.165) is 4.90 Å². The molecule has 1 spiro atoms. The average Bonchev–Trinajstić information content (AvgIpc) is 3.04. The molecule has 6 nitrogen and oxygen atoms in total. The van der Waals surface area contributed by atoms with Gasteiger partial charge in [0.2, 0.25) is 0 Å². The number of rotatable bonds is 2. The lowest BCUT2D eigenvalue weighted by molar-refractivity contribution is -0.119. The molecule has 2 fully saturated rings. The zero-order valence-electron chi connectivity index (χ0n) is 10.8. The molecule has 1 aliphatic carbocycles. The number of nitrogens with one attached hydrogen (secondary N) is 1. The van der Waals surface area contributed by atoms with E-state index in [9.17, 15) is 14.4 Å². The highest BCUT2D eigenvalue weighted by Crippen LogP contribution is 2.41. The molecule has 0 aromatic carbocycles. The first-order valence-corrected chi connectivity index (χ1v) is 6.33. The molecule has 0 radical (unpaired) electrons. The van der Waals surface area contributed by atoms with Crippen molar-refractivity contribution < 1.29 is 9.59 Å². The molecule has 1 aliphatic heterocycles. The lowest BCUT2D eigenvalue weighted by Gasteiger charge is -2.15. The van der Waals surface area contributed by atoms with E-state index >= 15 is 0 Å². The summed E-state index contributed by atoms with van der Waals surface area (Å²) in [6.45, 7) is 3.79. The normalized spacial score (nSPS) is 20.3. The second-order valence-electron chi connectivity index (χ2n) is 5.38. The van der Waals surface area contributed by atoms with Crippen LogP contribution in [0, 0.1) is 0 Å². The van der Waals surface area contributed by atoms with Gasteiger partial charge in [0.25, 0.3) is 11.5 Å². The van der Waals surface area contributed by atoms with Gasteiger partial charge in [-0.2, -0.15) is 0 Å². The van der Waals surface area contributed by atoms with Crippen LogP contribution in [0.1, 0.15) is 32.7 Å². The molecule has 19 heavy (non-hydrogen) atoms. The molecule has 3 rings (SSSR count). The predicted molar refractivity (Wildman–Crippen MR) is 69.1 cm³/mol. The highest BCUT2D eigenvalue weighted by Gasteiger charge is 2.59. The first kappa shape index (κ1) is 12.0. The molecule has 2 heterocycles. The number of carbonyl (C=O) groups excluding carboxylic acids is 2. The molecule has 0 atom stereocenters. The van der Waals surface area contributed by atoms with E-state index in [1.807, 2.05) is 13.8 Å². The molecule has 0 bridgehead atoms. The first-order valence-electron chi connectivity index (χ1n) is 6.33. The van der Waals surface area contributed by atoms with Gasteiger partial charge in [0.05, 0.1) is 5.69 Å². The van der Waals surface area contributed by atoms with Crippen LogP contribution in [-0.4, -0.2) is 22.0 Å². The number of pyridine rings is 1. The second-order valence-corrected chi connectivity index (χ2v) is 5.38. The third-order valence-electron chi connectivity index (χ3n) is 3.66. The summed E-state index contributed by atoms with van der Waals surface area (Å²) >= 11 is 0. The quantitative estimate of drug-likeness (QED) is 0.808. The van der Waals surface area contributed by atoms with Crippen LogP contribution in [0.5, 0.6) is 0 Å². The predicted octanol–water partition coefficient (Wildman–Crippen LogP) is 1.02. The Bertz CT molecular complexity index is 628. The summed E-state index contributed by atoms with van der Waals surface area (Å²) in [7, 11) is 0. The maximum absolute atomic E-state index is 12.2. The molecule has 1 aromatic heterocycles. The van der Waals surface area contributed by atoms with Crippen LogP contribution in [0.4, 0.5) is 10.5 Å². The molecule has 100 valence electrons. The van der Waals surface area contributed by atoms with Crippen molar-refractivity contribution in [3.8, 4) is 0 Å².